The van der Waals surface area contributed by atoms with Gasteiger partial charge in [0.25, 0.3) is 0 Å². The minimum absolute atomic E-state index is 0.193. The predicted octanol–water partition coefficient (Wildman–Crippen LogP) is 3.73. The van der Waals surface area contributed by atoms with Crippen molar-refractivity contribution < 1.29 is 5.11 Å². The average Bonchev–Trinajstić information content (AvgIpc) is 3.37. The summed E-state index contributed by atoms with van der Waals surface area (Å²) in [6.07, 6.45) is 1.74. The third-order valence-corrected chi connectivity index (χ3v) is 5.72. The molecule has 2 heterocycles. The van der Waals surface area contributed by atoms with E-state index in [1.54, 1.807) is 7.05 Å². The van der Waals surface area contributed by atoms with Crippen molar-refractivity contribution in [1.82, 2.24) is 29.8 Å². The van der Waals surface area contributed by atoms with Crippen LogP contribution in [0.2, 0.25) is 5.15 Å². The maximum Gasteiger partial charge on any atom is 0.205 e. The van der Waals surface area contributed by atoms with Gasteiger partial charge in [0.1, 0.15) is 5.82 Å². The zero-order chi connectivity index (χ0) is 22.7. The lowest BCUT2D eigenvalue weighted by molar-refractivity contribution is 0.270. The highest BCUT2D eigenvalue weighted by Crippen LogP contribution is 2.30. The summed E-state index contributed by atoms with van der Waals surface area (Å²) in [5.41, 5.74) is 11.0. The molecule has 0 fully saturated rings. The van der Waals surface area contributed by atoms with E-state index in [9.17, 15) is 5.11 Å². The third-order valence-electron chi connectivity index (χ3n) is 5.42. The second-order valence-corrected chi connectivity index (χ2v) is 8.05. The van der Waals surface area contributed by atoms with Crippen LogP contribution >= 0.6 is 11.6 Å². The molecule has 2 aromatic carbocycles. The molecule has 1 unspecified atom stereocenters. The number of halogens is 1. The summed E-state index contributed by atoms with van der Waals surface area (Å²) < 4.78 is 1.93. The van der Waals surface area contributed by atoms with Crippen LogP contribution in [0.4, 0.5) is 0 Å². The lowest BCUT2D eigenvalue weighted by atomic mass is 9.98. The van der Waals surface area contributed by atoms with Gasteiger partial charge in [0.05, 0.1) is 25.4 Å². The van der Waals surface area contributed by atoms with Gasteiger partial charge in [0, 0.05) is 12.1 Å². The summed E-state index contributed by atoms with van der Waals surface area (Å²) in [4.78, 5) is 5.88. The fraction of sp³-hybridized carbons (Fsp3) is 0.304. The van der Waals surface area contributed by atoms with E-state index in [1.165, 1.54) is 4.80 Å². The molecule has 0 spiro atoms. The van der Waals surface area contributed by atoms with Crippen molar-refractivity contribution in [3.8, 4) is 22.5 Å². The van der Waals surface area contributed by atoms with E-state index in [0.29, 0.717) is 29.0 Å². The van der Waals surface area contributed by atoms with Crippen LogP contribution in [0.5, 0.6) is 0 Å². The Balaban J connectivity index is 1.64. The Bertz CT molecular complexity index is 1200. The highest BCUT2D eigenvalue weighted by atomic mass is 35.5. The molecule has 1 atom stereocenters. The minimum Gasteiger partial charge on any atom is -0.390 e. The van der Waals surface area contributed by atoms with Crippen LogP contribution in [-0.4, -0.2) is 34.9 Å². The van der Waals surface area contributed by atoms with Crippen LogP contribution in [-0.2, 0) is 20.2 Å². The van der Waals surface area contributed by atoms with Gasteiger partial charge >= 0.3 is 0 Å². The monoisotopic (exact) mass is 451 g/mol. The molecule has 0 radical (unpaired) electrons. The number of hydrogen-bond donors (Lipinski definition) is 2. The maximum atomic E-state index is 9.83. The predicted molar refractivity (Wildman–Crippen MR) is 124 cm³/mol. The van der Waals surface area contributed by atoms with E-state index in [0.717, 1.165) is 35.1 Å². The van der Waals surface area contributed by atoms with Gasteiger partial charge in [-0.2, -0.15) is 4.80 Å². The van der Waals surface area contributed by atoms with Crippen molar-refractivity contribution in [1.29, 1.82) is 0 Å². The number of rotatable bonds is 8. The summed E-state index contributed by atoms with van der Waals surface area (Å²) in [6.45, 7) is 2.41. The summed E-state index contributed by atoms with van der Waals surface area (Å²) in [5, 5.41) is 22.6. The van der Waals surface area contributed by atoms with Crippen LogP contribution in [0.15, 0.2) is 48.5 Å². The SMILES string of the molecule is CCCC(N)c1nc(Cl)c(CO)n1Cc1ccc(-c2ccccc2-c2nnn(C)n2)cc1. The number of tetrazole rings is 1. The molecule has 0 amide bonds. The highest BCUT2D eigenvalue weighted by Gasteiger charge is 2.20. The molecule has 2 aromatic heterocycles. The van der Waals surface area contributed by atoms with Crippen molar-refractivity contribution >= 4 is 11.6 Å². The smallest absolute Gasteiger partial charge is 0.205 e. The van der Waals surface area contributed by atoms with Gasteiger partial charge in [0.2, 0.25) is 5.82 Å². The first-order chi connectivity index (χ1) is 15.5. The van der Waals surface area contributed by atoms with Crippen LogP contribution in [0.3, 0.4) is 0 Å². The highest BCUT2D eigenvalue weighted by molar-refractivity contribution is 6.30. The molecule has 0 aliphatic rings. The number of imidazole rings is 1. The van der Waals surface area contributed by atoms with E-state index >= 15 is 0 Å². The van der Waals surface area contributed by atoms with E-state index in [1.807, 2.05) is 28.8 Å². The standard InChI is InChI=1S/C23H26ClN7O/c1-3-6-19(25)23-26-21(24)20(14-32)31(23)13-15-9-11-16(12-10-15)17-7-4-5-8-18(17)22-27-29-30(2)28-22/h4-5,7-12,19,32H,3,6,13-14,25H2,1-2H3. The molecule has 0 saturated heterocycles. The van der Waals surface area contributed by atoms with Gasteiger partial charge in [-0.05, 0) is 28.3 Å². The molecule has 0 aliphatic heterocycles. The Morgan fingerprint density at radius 1 is 1.09 bits per heavy atom. The number of hydrogen-bond acceptors (Lipinski definition) is 6. The number of aliphatic hydroxyl groups is 1. The molecule has 166 valence electrons. The van der Waals surface area contributed by atoms with E-state index in [4.69, 9.17) is 17.3 Å². The van der Waals surface area contributed by atoms with Gasteiger partial charge in [0.15, 0.2) is 5.15 Å². The summed E-state index contributed by atoms with van der Waals surface area (Å²) in [5.74, 6) is 1.28. The summed E-state index contributed by atoms with van der Waals surface area (Å²) >= 11 is 6.28. The van der Waals surface area contributed by atoms with Gasteiger partial charge in [-0.1, -0.05) is 73.5 Å². The lowest BCUT2D eigenvalue weighted by Gasteiger charge is -2.16. The number of nitrogens with zero attached hydrogens (tertiary/aromatic N) is 6. The van der Waals surface area contributed by atoms with Crippen LogP contribution < -0.4 is 5.73 Å². The van der Waals surface area contributed by atoms with E-state index in [2.05, 4.69) is 51.6 Å². The molecule has 0 aliphatic carbocycles. The first-order valence-corrected chi connectivity index (χ1v) is 10.9. The first kappa shape index (κ1) is 22.1. The molecule has 0 bridgehead atoms. The zero-order valence-electron chi connectivity index (χ0n) is 18.1. The summed E-state index contributed by atoms with van der Waals surface area (Å²) in [7, 11) is 1.75. The number of aryl methyl sites for hydroxylation is 1. The second kappa shape index (κ2) is 9.60. The van der Waals surface area contributed by atoms with E-state index < -0.39 is 0 Å². The van der Waals surface area contributed by atoms with E-state index in [-0.39, 0.29) is 12.6 Å². The zero-order valence-corrected chi connectivity index (χ0v) is 18.9. The second-order valence-electron chi connectivity index (χ2n) is 7.69. The molecule has 8 nitrogen and oxygen atoms in total. The fourth-order valence-electron chi connectivity index (χ4n) is 3.82. The van der Waals surface area contributed by atoms with Crippen molar-refractivity contribution in [2.75, 3.05) is 0 Å². The topological polar surface area (TPSA) is 108 Å². The first-order valence-electron chi connectivity index (χ1n) is 10.6. The van der Waals surface area contributed by atoms with Gasteiger partial charge in [-0.25, -0.2) is 4.98 Å². The Labute approximate surface area is 191 Å². The van der Waals surface area contributed by atoms with Gasteiger partial charge in [-0.15, -0.1) is 10.2 Å². The van der Waals surface area contributed by atoms with Gasteiger partial charge < -0.3 is 15.4 Å². The number of aliphatic hydroxyl groups excluding tert-OH is 1. The fourth-order valence-corrected chi connectivity index (χ4v) is 4.07. The van der Waals surface area contributed by atoms with Crippen molar-refractivity contribution in [3.63, 3.8) is 0 Å². The summed E-state index contributed by atoms with van der Waals surface area (Å²) in [6, 6.07) is 16.0. The molecular weight excluding hydrogens is 426 g/mol. The van der Waals surface area contributed by atoms with Crippen molar-refractivity contribution in [3.05, 3.63) is 70.8 Å². The molecule has 3 N–H and O–H groups in total. The average molecular weight is 452 g/mol. The molecule has 9 heteroatoms. The van der Waals surface area contributed by atoms with Crippen molar-refractivity contribution in [2.24, 2.45) is 12.8 Å². The quantitative estimate of drug-likeness (QED) is 0.422. The van der Waals surface area contributed by atoms with Crippen LogP contribution in [0, 0.1) is 0 Å². The van der Waals surface area contributed by atoms with Crippen LogP contribution in [0.25, 0.3) is 22.5 Å². The van der Waals surface area contributed by atoms with Gasteiger partial charge in [-0.3, -0.25) is 0 Å². The Morgan fingerprint density at radius 3 is 2.44 bits per heavy atom. The molecule has 4 aromatic rings. The normalized spacial score (nSPS) is 12.3. The minimum atomic E-state index is -0.233. The Morgan fingerprint density at radius 2 is 1.81 bits per heavy atom. The molecule has 4 rings (SSSR count). The molecule has 32 heavy (non-hydrogen) atoms. The Hall–Kier alpha value is -3.07. The number of nitrogens with two attached hydrogens (primary N) is 1. The van der Waals surface area contributed by atoms with Crippen molar-refractivity contribution in [2.45, 2.75) is 39.0 Å². The third kappa shape index (κ3) is 4.43. The lowest BCUT2D eigenvalue weighted by Crippen LogP contribution is -2.18. The molecular formula is C23H26ClN7O. The Kier molecular flexibility index (Phi) is 6.64. The number of aromatic nitrogens is 6. The largest absolute Gasteiger partial charge is 0.390 e. The molecule has 0 saturated carbocycles. The number of benzene rings is 2. The van der Waals surface area contributed by atoms with Crippen LogP contribution in [0.1, 0.15) is 42.9 Å². The maximum absolute atomic E-state index is 9.83.